The number of hydrogen-bond donors (Lipinski definition) is 0. The quantitative estimate of drug-likeness (QED) is 0.619. The van der Waals surface area contributed by atoms with E-state index >= 15 is 0 Å². The van der Waals surface area contributed by atoms with Crippen LogP contribution in [0.5, 0.6) is 0 Å². The van der Waals surface area contributed by atoms with Gasteiger partial charge >= 0.3 is 0 Å². The molecule has 0 aromatic heterocycles. The lowest BCUT2D eigenvalue weighted by Crippen LogP contribution is -2.36. The molecule has 0 aromatic carbocycles. The number of rotatable bonds is 3. The number of carbonyl (C=O) groups is 1. The van der Waals surface area contributed by atoms with Crippen LogP contribution in [0, 0.1) is 0 Å². The van der Waals surface area contributed by atoms with Gasteiger partial charge in [0.25, 0.3) is 0 Å². The zero-order valence-electron chi connectivity index (χ0n) is 7.46. The molecule has 4 heteroatoms. The Morgan fingerprint density at radius 3 is 2.36 bits per heavy atom. The molecule has 2 atom stereocenters. The number of hydrogen-bond acceptors (Lipinski definition) is 2. The lowest BCUT2D eigenvalue weighted by atomic mass is 10.3. The topological polar surface area (TPSA) is 37.4 Å². The number of amides is 1. The predicted molar refractivity (Wildman–Crippen MR) is 46.8 cm³/mol. The fraction of sp³-hybridized carbons (Fsp3) is 0.857. The molecule has 0 spiro atoms. The van der Waals surface area contributed by atoms with Gasteiger partial charge < -0.3 is 4.90 Å². The van der Waals surface area contributed by atoms with Gasteiger partial charge in [-0.15, -0.1) is 0 Å². The Kier molecular flexibility index (Phi) is 4.33. The normalized spacial score (nSPS) is 15.6. The van der Waals surface area contributed by atoms with E-state index in [1.165, 1.54) is 6.92 Å². The Bertz CT molecular complexity index is 170. The third-order valence-electron chi connectivity index (χ3n) is 1.63. The van der Waals surface area contributed by atoms with Crippen molar-refractivity contribution in [2.24, 2.45) is 0 Å². The summed E-state index contributed by atoms with van der Waals surface area (Å²) in [5, 5.41) is 0. The van der Waals surface area contributed by atoms with Gasteiger partial charge in [0.2, 0.25) is 5.91 Å². The maximum Gasteiger partial charge on any atom is 0.219 e. The molecule has 0 heterocycles. The van der Waals surface area contributed by atoms with Gasteiger partial charge in [0, 0.05) is 42.8 Å². The SMILES string of the molecule is CC(=O)N(C)C(C)CS(C)=O. The van der Waals surface area contributed by atoms with Crippen LogP contribution in [0.3, 0.4) is 0 Å². The number of nitrogens with zero attached hydrogens (tertiary/aromatic N) is 1. The van der Waals surface area contributed by atoms with Gasteiger partial charge in [-0.1, -0.05) is 0 Å². The molecule has 0 rings (SSSR count). The molecule has 0 N–H and O–H groups in total. The Morgan fingerprint density at radius 2 is 2.09 bits per heavy atom. The van der Waals surface area contributed by atoms with Crippen LogP contribution in [0.2, 0.25) is 0 Å². The zero-order valence-corrected chi connectivity index (χ0v) is 8.27. The fourth-order valence-electron chi connectivity index (χ4n) is 0.762. The highest BCUT2D eigenvalue weighted by Crippen LogP contribution is 1.96. The van der Waals surface area contributed by atoms with E-state index in [2.05, 4.69) is 0 Å². The van der Waals surface area contributed by atoms with E-state index in [0.29, 0.717) is 5.75 Å². The fourth-order valence-corrected chi connectivity index (χ4v) is 1.66. The molecule has 0 fully saturated rings. The zero-order chi connectivity index (χ0) is 9.02. The van der Waals surface area contributed by atoms with Gasteiger partial charge in [-0.2, -0.15) is 0 Å². The van der Waals surface area contributed by atoms with E-state index in [0.717, 1.165) is 0 Å². The van der Waals surface area contributed by atoms with Crippen molar-refractivity contribution in [1.29, 1.82) is 0 Å². The largest absolute Gasteiger partial charge is 0.342 e. The molecule has 0 aromatic rings. The van der Waals surface area contributed by atoms with Gasteiger partial charge in [0.1, 0.15) is 0 Å². The molecule has 0 saturated carbocycles. The molecule has 0 saturated heterocycles. The minimum Gasteiger partial charge on any atom is -0.342 e. The summed E-state index contributed by atoms with van der Waals surface area (Å²) < 4.78 is 10.8. The molecule has 0 radical (unpaired) electrons. The van der Waals surface area contributed by atoms with Crippen molar-refractivity contribution < 1.29 is 9.00 Å². The minimum absolute atomic E-state index is 0.0166. The van der Waals surface area contributed by atoms with Crippen molar-refractivity contribution in [2.75, 3.05) is 19.1 Å². The van der Waals surface area contributed by atoms with Crippen molar-refractivity contribution in [3.05, 3.63) is 0 Å². The first-order valence-corrected chi connectivity index (χ1v) is 5.21. The van der Waals surface area contributed by atoms with E-state index < -0.39 is 10.8 Å². The van der Waals surface area contributed by atoms with Crippen LogP contribution >= 0.6 is 0 Å². The standard InChI is InChI=1S/C7H15NO2S/c1-6(5-11(4)10)8(3)7(2)9/h6H,5H2,1-4H3. The first-order chi connectivity index (χ1) is 4.95. The van der Waals surface area contributed by atoms with E-state index in [9.17, 15) is 9.00 Å². The van der Waals surface area contributed by atoms with E-state index in [1.54, 1.807) is 18.2 Å². The summed E-state index contributed by atoms with van der Waals surface area (Å²) in [5.74, 6) is 0.568. The van der Waals surface area contributed by atoms with Gasteiger partial charge in [0.05, 0.1) is 0 Å². The van der Waals surface area contributed by atoms with E-state index in [-0.39, 0.29) is 11.9 Å². The molecular formula is C7H15NO2S. The Labute approximate surface area is 70.2 Å². The van der Waals surface area contributed by atoms with E-state index in [4.69, 9.17) is 0 Å². The second-order valence-corrected chi connectivity index (χ2v) is 4.20. The highest BCUT2D eigenvalue weighted by Gasteiger charge is 2.12. The third kappa shape index (κ3) is 4.14. The third-order valence-corrected chi connectivity index (χ3v) is 2.59. The van der Waals surface area contributed by atoms with Crippen molar-refractivity contribution >= 4 is 16.7 Å². The van der Waals surface area contributed by atoms with Crippen LogP contribution < -0.4 is 0 Å². The monoisotopic (exact) mass is 177 g/mol. The summed E-state index contributed by atoms with van der Waals surface area (Å²) in [6.45, 7) is 3.40. The van der Waals surface area contributed by atoms with Gasteiger partial charge in [0.15, 0.2) is 0 Å². The molecule has 66 valence electrons. The molecule has 0 aliphatic rings. The Balaban J connectivity index is 3.92. The highest BCUT2D eigenvalue weighted by molar-refractivity contribution is 7.84. The molecule has 1 amide bonds. The summed E-state index contributed by atoms with van der Waals surface area (Å²) in [4.78, 5) is 12.4. The smallest absolute Gasteiger partial charge is 0.219 e. The summed E-state index contributed by atoms with van der Waals surface area (Å²) in [6.07, 6.45) is 1.64. The summed E-state index contributed by atoms with van der Waals surface area (Å²) in [7, 11) is 0.895. The first-order valence-electron chi connectivity index (χ1n) is 3.48. The lowest BCUT2D eigenvalue weighted by molar-refractivity contribution is -0.128. The van der Waals surface area contributed by atoms with Crippen LogP contribution in [0.15, 0.2) is 0 Å². The van der Waals surface area contributed by atoms with Crippen LogP contribution in [0.4, 0.5) is 0 Å². The molecular weight excluding hydrogens is 162 g/mol. The second-order valence-electron chi connectivity index (χ2n) is 2.72. The Morgan fingerprint density at radius 1 is 1.64 bits per heavy atom. The molecule has 3 nitrogen and oxygen atoms in total. The van der Waals surface area contributed by atoms with Gasteiger partial charge in [-0.25, -0.2) is 0 Å². The van der Waals surface area contributed by atoms with Crippen molar-refractivity contribution in [1.82, 2.24) is 4.90 Å². The van der Waals surface area contributed by atoms with Gasteiger partial charge in [-0.05, 0) is 6.92 Å². The number of carbonyl (C=O) groups excluding carboxylic acids is 1. The Hall–Kier alpha value is -0.380. The highest BCUT2D eigenvalue weighted by atomic mass is 32.2. The van der Waals surface area contributed by atoms with Crippen LogP contribution in [-0.2, 0) is 15.6 Å². The maximum atomic E-state index is 10.8. The van der Waals surface area contributed by atoms with Crippen LogP contribution in [-0.4, -0.2) is 40.1 Å². The van der Waals surface area contributed by atoms with Crippen molar-refractivity contribution in [3.8, 4) is 0 Å². The van der Waals surface area contributed by atoms with Crippen LogP contribution in [0.25, 0.3) is 0 Å². The van der Waals surface area contributed by atoms with E-state index in [1.807, 2.05) is 6.92 Å². The summed E-state index contributed by atoms with van der Waals surface area (Å²) in [5.41, 5.74) is 0. The van der Waals surface area contributed by atoms with Gasteiger partial charge in [-0.3, -0.25) is 9.00 Å². The minimum atomic E-state index is -0.827. The lowest BCUT2D eigenvalue weighted by Gasteiger charge is -2.22. The molecule has 0 aliphatic carbocycles. The van der Waals surface area contributed by atoms with Crippen molar-refractivity contribution in [2.45, 2.75) is 19.9 Å². The average Bonchev–Trinajstić information content (AvgIpc) is 1.84. The molecule has 11 heavy (non-hydrogen) atoms. The molecule has 2 unspecified atom stereocenters. The summed E-state index contributed by atoms with van der Waals surface area (Å²) >= 11 is 0. The average molecular weight is 177 g/mol. The molecule has 0 bridgehead atoms. The molecule has 0 aliphatic heterocycles. The summed E-state index contributed by atoms with van der Waals surface area (Å²) in [6, 6.07) is 0.0679. The predicted octanol–water partition coefficient (Wildman–Crippen LogP) is 0.232. The first kappa shape index (κ1) is 10.6. The maximum absolute atomic E-state index is 10.8. The second kappa shape index (κ2) is 4.49. The van der Waals surface area contributed by atoms with Crippen molar-refractivity contribution in [3.63, 3.8) is 0 Å². The van der Waals surface area contributed by atoms with Crippen LogP contribution in [0.1, 0.15) is 13.8 Å².